The molecule has 4 aromatic rings. The molecule has 0 aliphatic rings. The highest BCUT2D eigenvalue weighted by molar-refractivity contribution is 7.92. The molecule has 14 heteroatoms. The summed E-state index contributed by atoms with van der Waals surface area (Å²) in [5, 5.41) is 1.83. The summed E-state index contributed by atoms with van der Waals surface area (Å²) in [6, 6.07) is 13.9. The third-order valence-corrected chi connectivity index (χ3v) is 8.33. The molecule has 38 heavy (non-hydrogen) atoms. The quantitative estimate of drug-likeness (QED) is 0.301. The van der Waals surface area contributed by atoms with Crippen molar-refractivity contribution >= 4 is 49.0 Å². The van der Waals surface area contributed by atoms with Gasteiger partial charge in [0.1, 0.15) is 0 Å². The predicted octanol–water partition coefficient (Wildman–Crippen LogP) is 3.56. The first-order valence-corrected chi connectivity index (χ1v) is 14.5. The van der Waals surface area contributed by atoms with Crippen LogP contribution in [0.25, 0.3) is 0 Å². The average Bonchev–Trinajstić information content (AvgIpc) is 2.85. The van der Waals surface area contributed by atoms with Gasteiger partial charge in [0.05, 0.1) is 21.9 Å². The molecule has 0 fully saturated rings. The normalized spacial score (nSPS) is 11.7. The Labute approximate surface area is 224 Å². The van der Waals surface area contributed by atoms with Crippen molar-refractivity contribution in [3.63, 3.8) is 0 Å². The van der Waals surface area contributed by atoms with Crippen molar-refractivity contribution < 1.29 is 21.6 Å². The highest BCUT2D eigenvalue weighted by Crippen LogP contribution is 2.21. The van der Waals surface area contributed by atoms with E-state index in [4.69, 9.17) is 11.6 Å². The maximum atomic E-state index is 12.9. The number of nitrogens with zero attached hydrogens (tertiary/aromatic N) is 4. The van der Waals surface area contributed by atoms with E-state index in [2.05, 4.69) is 30.0 Å². The summed E-state index contributed by atoms with van der Waals surface area (Å²) in [5.74, 6) is -1.22. The largest absolute Gasteiger partial charge is 0.321 e. The van der Waals surface area contributed by atoms with Gasteiger partial charge in [0.15, 0.2) is 5.69 Å². The zero-order valence-corrected chi connectivity index (χ0v) is 22.5. The second-order valence-electron chi connectivity index (χ2n) is 8.14. The minimum Gasteiger partial charge on any atom is -0.321 e. The van der Waals surface area contributed by atoms with Gasteiger partial charge in [0, 0.05) is 17.6 Å². The number of sulfone groups is 1. The van der Waals surface area contributed by atoms with Gasteiger partial charge in [0.2, 0.25) is 20.9 Å². The molecular formula is C24H21ClN6O5S2. The van der Waals surface area contributed by atoms with Crippen molar-refractivity contribution in [2.75, 3.05) is 10.0 Å². The van der Waals surface area contributed by atoms with E-state index in [0.717, 1.165) is 11.8 Å². The Bertz CT molecular complexity index is 1730. The van der Waals surface area contributed by atoms with E-state index in [1.165, 1.54) is 30.5 Å². The first kappa shape index (κ1) is 27.1. The molecule has 11 nitrogen and oxygen atoms in total. The molecule has 0 atom stereocenters. The molecular weight excluding hydrogens is 552 g/mol. The molecule has 0 unspecified atom stereocenters. The van der Waals surface area contributed by atoms with E-state index in [9.17, 15) is 21.6 Å². The minimum atomic E-state index is -3.98. The monoisotopic (exact) mass is 572 g/mol. The number of carbonyl (C=O) groups is 1. The van der Waals surface area contributed by atoms with Crippen LogP contribution in [0.3, 0.4) is 0 Å². The molecule has 0 saturated heterocycles. The van der Waals surface area contributed by atoms with Crippen LogP contribution in [0, 0.1) is 13.8 Å². The molecule has 0 aliphatic carbocycles. The number of nitrogens with one attached hydrogen (secondary N) is 2. The van der Waals surface area contributed by atoms with Gasteiger partial charge < -0.3 is 5.32 Å². The third kappa shape index (κ3) is 6.30. The number of amides is 1. The van der Waals surface area contributed by atoms with Crippen LogP contribution in [0.1, 0.15) is 27.3 Å². The van der Waals surface area contributed by atoms with E-state index in [-0.39, 0.29) is 33.0 Å². The Hall–Kier alpha value is -3.94. The van der Waals surface area contributed by atoms with Crippen molar-refractivity contribution in [2.24, 2.45) is 0 Å². The third-order valence-electron chi connectivity index (χ3n) is 5.26. The first-order valence-electron chi connectivity index (χ1n) is 11.0. The van der Waals surface area contributed by atoms with Crippen LogP contribution >= 0.6 is 11.6 Å². The Morgan fingerprint density at radius 3 is 2.32 bits per heavy atom. The molecule has 0 aliphatic heterocycles. The van der Waals surface area contributed by atoms with E-state index < -0.39 is 30.9 Å². The maximum absolute atomic E-state index is 12.9. The fourth-order valence-electron chi connectivity index (χ4n) is 3.29. The SMILES string of the molecule is Cc1ccnc(NS(=O)(=O)c2ccc(NC(=O)c3nc(S(=O)(=O)Cc4ccccc4C)ncc3Cl)cc2)n1. The molecule has 1 amide bonds. The molecule has 0 radical (unpaired) electrons. The maximum Gasteiger partial charge on any atom is 0.275 e. The Kier molecular flexibility index (Phi) is 7.71. The summed E-state index contributed by atoms with van der Waals surface area (Å²) in [4.78, 5) is 28.4. The molecule has 0 bridgehead atoms. The number of halogens is 1. The van der Waals surface area contributed by atoms with Crippen LogP contribution in [-0.2, 0) is 25.6 Å². The number of benzene rings is 2. The Balaban J connectivity index is 1.51. The standard InChI is InChI=1S/C24H21ClN6O5S2/c1-15-5-3-4-6-17(15)14-37(33,34)24-27-13-20(25)21(30-24)22(32)29-18-7-9-19(10-8-18)38(35,36)31-23-26-12-11-16(2)28-23/h3-13H,14H2,1-2H3,(H,29,32)(H,26,28,31). The highest BCUT2D eigenvalue weighted by atomic mass is 35.5. The highest BCUT2D eigenvalue weighted by Gasteiger charge is 2.24. The summed E-state index contributed by atoms with van der Waals surface area (Å²) in [6.07, 6.45) is 2.47. The molecule has 2 aromatic carbocycles. The second kappa shape index (κ2) is 10.8. The summed E-state index contributed by atoms with van der Waals surface area (Å²) in [5.41, 5.74) is 1.83. The molecule has 196 valence electrons. The van der Waals surface area contributed by atoms with Crippen LogP contribution < -0.4 is 10.0 Å². The average molecular weight is 573 g/mol. The first-order chi connectivity index (χ1) is 17.9. The lowest BCUT2D eigenvalue weighted by atomic mass is 10.1. The zero-order valence-electron chi connectivity index (χ0n) is 20.1. The van der Waals surface area contributed by atoms with Gasteiger partial charge in [-0.05, 0) is 55.3 Å². The fraction of sp³-hybridized carbons (Fsp3) is 0.125. The number of aryl methyl sites for hydroxylation is 2. The lowest BCUT2D eigenvalue weighted by molar-refractivity contribution is 0.102. The van der Waals surface area contributed by atoms with Crippen molar-refractivity contribution in [1.29, 1.82) is 0 Å². The van der Waals surface area contributed by atoms with Gasteiger partial charge in [-0.15, -0.1) is 0 Å². The molecule has 2 N–H and O–H groups in total. The van der Waals surface area contributed by atoms with Crippen LogP contribution in [0.2, 0.25) is 5.02 Å². The lowest BCUT2D eigenvalue weighted by Crippen LogP contribution is -2.18. The van der Waals surface area contributed by atoms with Crippen molar-refractivity contribution in [3.8, 4) is 0 Å². The van der Waals surface area contributed by atoms with Gasteiger partial charge in [-0.1, -0.05) is 35.9 Å². The van der Waals surface area contributed by atoms with E-state index in [1.54, 1.807) is 44.2 Å². The minimum absolute atomic E-state index is 0.0750. The van der Waals surface area contributed by atoms with Gasteiger partial charge in [0.25, 0.3) is 15.9 Å². The van der Waals surface area contributed by atoms with Crippen LogP contribution in [-0.4, -0.2) is 42.7 Å². The molecule has 0 spiro atoms. The molecule has 0 saturated carbocycles. The lowest BCUT2D eigenvalue weighted by Gasteiger charge is -2.10. The van der Waals surface area contributed by atoms with Crippen LogP contribution in [0.5, 0.6) is 0 Å². The number of anilines is 2. The smallest absolute Gasteiger partial charge is 0.275 e. The van der Waals surface area contributed by atoms with Gasteiger partial charge in [-0.2, -0.15) is 0 Å². The molecule has 2 heterocycles. The number of hydrogen-bond acceptors (Lipinski definition) is 9. The van der Waals surface area contributed by atoms with Crippen molar-refractivity contribution in [1.82, 2.24) is 19.9 Å². The van der Waals surface area contributed by atoms with Gasteiger partial charge >= 0.3 is 0 Å². The van der Waals surface area contributed by atoms with Gasteiger partial charge in [-0.3, -0.25) is 4.79 Å². The Morgan fingerprint density at radius 2 is 1.63 bits per heavy atom. The van der Waals surface area contributed by atoms with E-state index in [0.29, 0.717) is 11.3 Å². The van der Waals surface area contributed by atoms with Gasteiger partial charge in [-0.25, -0.2) is 41.5 Å². The number of carbonyl (C=O) groups excluding carboxylic acids is 1. The molecule has 4 rings (SSSR count). The number of hydrogen-bond donors (Lipinski definition) is 2. The summed E-state index contributed by atoms with van der Waals surface area (Å²) >= 11 is 6.09. The number of aromatic nitrogens is 4. The summed E-state index contributed by atoms with van der Waals surface area (Å²) < 4.78 is 53.3. The van der Waals surface area contributed by atoms with Crippen molar-refractivity contribution in [2.45, 2.75) is 29.7 Å². The summed E-state index contributed by atoms with van der Waals surface area (Å²) in [6.45, 7) is 3.48. The van der Waals surface area contributed by atoms with Crippen LogP contribution in [0.15, 0.2) is 77.0 Å². The van der Waals surface area contributed by atoms with E-state index >= 15 is 0 Å². The zero-order chi connectivity index (χ0) is 27.5. The van der Waals surface area contributed by atoms with E-state index in [1.807, 2.05) is 0 Å². The fourth-order valence-corrected chi connectivity index (χ4v) is 5.72. The van der Waals surface area contributed by atoms with Crippen LogP contribution in [0.4, 0.5) is 11.6 Å². The predicted molar refractivity (Wildman–Crippen MR) is 141 cm³/mol. The number of rotatable bonds is 8. The number of sulfonamides is 1. The topological polar surface area (TPSA) is 161 Å². The second-order valence-corrected chi connectivity index (χ2v) is 12.1. The van der Waals surface area contributed by atoms with Crippen molar-refractivity contribution in [3.05, 3.63) is 94.5 Å². The summed E-state index contributed by atoms with van der Waals surface area (Å²) in [7, 11) is -7.96. The Morgan fingerprint density at radius 1 is 0.921 bits per heavy atom. The molecule has 2 aromatic heterocycles.